The van der Waals surface area contributed by atoms with Gasteiger partial charge in [0.25, 0.3) is 0 Å². The number of unbranched alkanes of at least 4 members (excludes halogenated alkanes) is 1. The molecule has 0 aromatic rings. The molecule has 0 unspecified atom stereocenters. The third kappa shape index (κ3) is 8.71. The molecule has 0 spiro atoms. The molecule has 0 aliphatic carbocycles. The lowest BCUT2D eigenvalue weighted by Gasteiger charge is -2.24. The highest BCUT2D eigenvalue weighted by molar-refractivity contribution is 6.18. The van der Waals surface area contributed by atoms with Gasteiger partial charge in [-0.15, -0.1) is 11.6 Å². The first-order valence-corrected chi connectivity index (χ1v) is 7.47. The second-order valence-corrected chi connectivity index (χ2v) is 5.51. The van der Waals surface area contributed by atoms with E-state index in [2.05, 4.69) is 0 Å². The van der Waals surface area contributed by atoms with E-state index in [9.17, 15) is 13.2 Å². The zero-order chi connectivity index (χ0) is 14.1. The van der Waals surface area contributed by atoms with Gasteiger partial charge in [0.15, 0.2) is 0 Å². The van der Waals surface area contributed by atoms with E-state index in [1.807, 2.05) is 0 Å². The van der Waals surface area contributed by atoms with Crippen LogP contribution >= 0.6 is 11.6 Å². The van der Waals surface area contributed by atoms with Crippen molar-refractivity contribution in [3.63, 3.8) is 0 Å². The second-order valence-electron chi connectivity index (χ2n) is 5.13. The fraction of sp³-hybridized carbons (Fsp3) is 1.00. The molecule has 0 radical (unpaired) electrons. The highest BCUT2D eigenvalue weighted by atomic mass is 35.5. The van der Waals surface area contributed by atoms with Crippen molar-refractivity contribution in [2.24, 2.45) is 5.92 Å². The molecule has 19 heavy (non-hydrogen) atoms. The molecule has 0 bridgehead atoms. The summed E-state index contributed by atoms with van der Waals surface area (Å²) in [4.78, 5) is 1.40. The molecule has 6 heteroatoms. The predicted molar refractivity (Wildman–Crippen MR) is 70.6 cm³/mol. The van der Waals surface area contributed by atoms with Crippen LogP contribution in [0.15, 0.2) is 0 Å². The van der Waals surface area contributed by atoms with Crippen LogP contribution in [-0.2, 0) is 4.74 Å². The van der Waals surface area contributed by atoms with Crippen molar-refractivity contribution in [3.05, 3.63) is 0 Å². The van der Waals surface area contributed by atoms with Crippen molar-refractivity contribution in [2.75, 3.05) is 38.7 Å². The Bertz CT molecular complexity index is 232. The molecular weight excluding hydrogens is 279 g/mol. The van der Waals surface area contributed by atoms with Crippen molar-refractivity contribution < 1.29 is 17.9 Å². The van der Waals surface area contributed by atoms with Crippen LogP contribution in [0.4, 0.5) is 13.2 Å². The van der Waals surface area contributed by atoms with E-state index in [1.54, 1.807) is 0 Å². The molecule has 0 atom stereocenters. The maximum atomic E-state index is 12.3. The topological polar surface area (TPSA) is 12.5 Å². The van der Waals surface area contributed by atoms with Gasteiger partial charge in [-0.05, 0) is 31.7 Å². The molecule has 0 amide bonds. The first kappa shape index (κ1) is 17.1. The first-order chi connectivity index (χ1) is 9.01. The summed E-state index contributed by atoms with van der Waals surface area (Å²) < 4.78 is 42.3. The van der Waals surface area contributed by atoms with Crippen LogP contribution in [0.5, 0.6) is 0 Å². The summed E-state index contributed by atoms with van der Waals surface area (Å²) in [5.74, 6) is 0.939. The van der Waals surface area contributed by atoms with Crippen molar-refractivity contribution in [1.82, 2.24) is 4.90 Å². The van der Waals surface area contributed by atoms with Gasteiger partial charge in [-0.3, -0.25) is 4.90 Å². The van der Waals surface area contributed by atoms with Crippen LogP contribution in [0, 0.1) is 5.92 Å². The van der Waals surface area contributed by atoms with Gasteiger partial charge in [0.05, 0.1) is 6.54 Å². The van der Waals surface area contributed by atoms with Crippen molar-refractivity contribution in [1.29, 1.82) is 0 Å². The predicted octanol–water partition coefficient (Wildman–Crippen LogP) is 3.69. The number of hydrogen-bond donors (Lipinski definition) is 0. The van der Waals surface area contributed by atoms with Crippen molar-refractivity contribution >= 4 is 11.6 Å². The normalized spacial score (nSPS) is 18.2. The maximum Gasteiger partial charge on any atom is 0.401 e. The van der Waals surface area contributed by atoms with Crippen LogP contribution < -0.4 is 0 Å². The Labute approximate surface area is 118 Å². The quantitative estimate of drug-likeness (QED) is 0.501. The molecule has 1 fully saturated rings. The summed E-state index contributed by atoms with van der Waals surface area (Å²) in [6, 6.07) is 0. The van der Waals surface area contributed by atoms with Gasteiger partial charge in [-0.1, -0.05) is 12.8 Å². The molecule has 2 nitrogen and oxygen atoms in total. The van der Waals surface area contributed by atoms with Crippen LogP contribution in [0.25, 0.3) is 0 Å². The lowest BCUT2D eigenvalue weighted by atomic mass is 9.94. The average Bonchev–Trinajstić information content (AvgIpc) is 2.34. The fourth-order valence-corrected chi connectivity index (χ4v) is 2.69. The number of halogens is 4. The number of rotatable bonds is 8. The molecule has 1 rings (SSSR count). The maximum absolute atomic E-state index is 12.3. The van der Waals surface area contributed by atoms with Crippen LogP contribution in [0.1, 0.15) is 32.1 Å². The van der Waals surface area contributed by atoms with Gasteiger partial charge in [-0.25, -0.2) is 0 Å². The molecule has 1 aliphatic heterocycles. The molecule has 0 aromatic heterocycles. The monoisotopic (exact) mass is 301 g/mol. The summed E-state index contributed by atoms with van der Waals surface area (Å²) >= 11 is 5.54. The minimum atomic E-state index is -4.13. The first-order valence-electron chi connectivity index (χ1n) is 6.94. The van der Waals surface area contributed by atoms with E-state index in [-0.39, 0.29) is 5.88 Å². The minimum absolute atomic E-state index is 0.246. The molecule has 1 aliphatic rings. The lowest BCUT2D eigenvalue weighted by molar-refractivity contribution is -0.145. The van der Waals surface area contributed by atoms with E-state index < -0.39 is 12.7 Å². The van der Waals surface area contributed by atoms with Gasteiger partial charge in [0, 0.05) is 25.6 Å². The molecule has 0 saturated carbocycles. The molecule has 1 heterocycles. The Balaban J connectivity index is 2.13. The third-order valence-corrected chi connectivity index (χ3v) is 3.65. The fourth-order valence-electron chi connectivity index (χ4n) is 2.45. The van der Waals surface area contributed by atoms with E-state index in [1.165, 1.54) is 4.90 Å². The number of ether oxygens (including phenoxy) is 1. The Kier molecular flexibility index (Phi) is 8.11. The summed E-state index contributed by atoms with van der Waals surface area (Å²) in [7, 11) is 0. The molecule has 0 N–H and O–H groups in total. The van der Waals surface area contributed by atoms with Crippen LogP contribution in [0.2, 0.25) is 0 Å². The van der Waals surface area contributed by atoms with Gasteiger partial charge in [0.2, 0.25) is 0 Å². The zero-order valence-electron chi connectivity index (χ0n) is 11.2. The summed E-state index contributed by atoms with van der Waals surface area (Å²) in [6.45, 7) is 1.60. The van der Waals surface area contributed by atoms with Gasteiger partial charge in [0.1, 0.15) is 0 Å². The minimum Gasteiger partial charge on any atom is -0.381 e. The molecule has 0 aromatic carbocycles. The summed E-state index contributed by atoms with van der Waals surface area (Å²) in [5.41, 5.74) is 0. The molecule has 114 valence electrons. The van der Waals surface area contributed by atoms with Crippen molar-refractivity contribution in [2.45, 2.75) is 38.3 Å². The van der Waals surface area contributed by atoms with E-state index in [0.29, 0.717) is 19.0 Å². The highest BCUT2D eigenvalue weighted by Gasteiger charge is 2.30. The average molecular weight is 302 g/mol. The van der Waals surface area contributed by atoms with Crippen LogP contribution in [-0.4, -0.2) is 49.8 Å². The summed E-state index contributed by atoms with van der Waals surface area (Å²) in [6.07, 6.45) is 0.949. The Morgan fingerprint density at radius 1 is 1.11 bits per heavy atom. The Hall–Kier alpha value is -0.0000000000000000208. The van der Waals surface area contributed by atoms with Crippen molar-refractivity contribution in [3.8, 4) is 0 Å². The van der Waals surface area contributed by atoms with E-state index >= 15 is 0 Å². The standard InChI is InChI=1S/C13H23ClF3NO/c14-6-8-18(11-13(15,16)17)7-2-1-3-12-4-9-19-10-5-12/h12H,1-11H2. The Morgan fingerprint density at radius 3 is 2.37 bits per heavy atom. The summed E-state index contributed by atoms with van der Waals surface area (Å²) in [5, 5.41) is 0. The number of hydrogen-bond acceptors (Lipinski definition) is 2. The zero-order valence-corrected chi connectivity index (χ0v) is 12.0. The largest absolute Gasteiger partial charge is 0.401 e. The Morgan fingerprint density at radius 2 is 1.79 bits per heavy atom. The van der Waals surface area contributed by atoms with Crippen LogP contribution in [0.3, 0.4) is 0 Å². The second kappa shape index (κ2) is 9.03. The van der Waals surface area contributed by atoms with Gasteiger partial charge < -0.3 is 4.74 Å². The smallest absolute Gasteiger partial charge is 0.381 e. The molecule has 1 saturated heterocycles. The van der Waals surface area contributed by atoms with Gasteiger partial charge in [-0.2, -0.15) is 13.2 Å². The third-order valence-electron chi connectivity index (χ3n) is 3.48. The SMILES string of the molecule is FC(F)(F)CN(CCCl)CCCCC1CCOCC1. The van der Waals surface area contributed by atoms with E-state index in [4.69, 9.17) is 16.3 Å². The number of alkyl halides is 4. The lowest BCUT2D eigenvalue weighted by Crippen LogP contribution is -2.36. The number of nitrogens with zero attached hydrogens (tertiary/aromatic N) is 1. The van der Waals surface area contributed by atoms with Gasteiger partial charge >= 0.3 is 6.18 Å². The van der Waals surface area contributed by atoms with E-state index in [0.717, 1.165) is 45.3 Å². The molecular formula is C13H23ClF3NO. The highest BCUT2D eigenvalue weighted by Crippen LogP contribution is 2.21.